The van der Waals surface area contributed by atoms with Crippen molar-refractivity contribution < 1.29 is 40.7 Å². The fourth-order valence-corrected chi connectivity index (χ4v) is 3.89. The summed E-state index contributed by atoms with van der Waals surface area (Å²) < 4.78 is 86.5. The van der Waals surface area contributed by atoms with Crippen LogP contribution in [0, 0.1) is 5.92 Å². The van der Waals surface area contributed by atoms with Gasteiger partial charge in [0.2, 0.25) is 0 Å². The van der Waals surface area contributed by atoms with Gasteiger partial charge in [-0.3, -0.25) is 19.3 Å². The van der Waals surface area contributed by atoms with E-state index in [1.807, 2.05) is 0 Å². The van der Waals surface area contributed by atoms with Crippen molar-refractivity contribution in [2.45, 2.75) is 50.2 Å². The molecule has 1 unspecified atom stereocenters. The van der Waals surface area contributed by atoms with Gasteiger partial charge >= 0.3 is 12.4 Å². The van der Waals surface area contributed by atoms with Gasteiger partial charge in [-0.05, 0) is 31.4 Å². The van der Waals surface area contributed by atoms with E-state index in [-0.39, 0.29) is 30.2 Å². The SMILES string of the molecule is NC(=O)c1cc(NC(=O)c2c(C(F)(F)F)c(C3CC3)nn2CC2CO[C@@H](C(F)(F)F)C2)ccn1. The van der Waals surface area contributed by atoms with E-state index in [1.165, 1.54) is 6.07 Å². The molecule has 14 heteroatoms. The van der Waals surface area contributed by atoms with Crippen molar-refractivity contribution in [3.8, 4) is 0 Å². The second-order valence-corrected chi connectivity index (χ2v) is 8.28. The maximum atomic E-state index is 14.0. The number of rotatable bonds is 6. The fraction of sp³-hybridized carbons (Fsp3) is 0.500. The summed E-state index contributed by atoms with van der Waals surface area (Å²) in [4.78, 5) is 28.0. The Kier molecular flexibility index (Phi) is 6.04. The zero-order chi connectivity index (χ0) is 24.8. The minimum absolute atomic E-state index is 0.0380. The lowest BCUT2D eigenvalue weighted by atomic mass is 10.0. The third-order valence-electron chi connectivity index (χ3n) is 5.59. The number of alkyl halides is 6. The lowest BCUT2D eigenvalue weighted by molar-refractivity contribution is -0.206. The minimum Gasteiger partial charge on any atom is -0.368 e. The molecule has 1 saturated heterocycles. The second kappa shape index (κ2) is 8.56. The smallest absolute Gasteiger partial charge is 0.368 e. The zero-order valence-electron chi connectivity index (χ0n) is 17.4. The lowest BCUT2D eigenvalue weighted by Crippen LogP contribution is -2.28. The van der Waals surface area contributed by atoms with Gasteiger partial charge in [0.15, 0.2) is 6.10 Å². The molecule has 8 nitrogen and oxygen atoms in total. The molecule has 1 aliphatic heterocycles. The van der Waals surface area contributed by atoms with Crippen LogP contribution < -0.4 is 11.1 Å². The van der Waals surface area contributed by atoms with Crippen LogP contribution in [0.25, 0.3) is 0 Å². The van der Waals surface area contributed by atoms with E-state index >= 15 is 0 Å². The first kappa shape index (κ1) is 24.0. The number of pyridine rings is 1. The number of nitrogens with one attached hydrogen (secondary N) is 1. The Balaban J connectivity index is 1.69. The van der Waals surface area contributed by atoms with Crippen molar-refractivity contribution >= 4 is 17.5 Å². The first-order valence-electron chi connectivity index (χ1n) is 10.3. The number of primary amides is 1. The topological polar surface area (TPSA) is 112 Å². The van der Waals surface area contributed by atoms with Gasteiger partial charge in [0.05, 0.1) is 12.3 Å². The highest BCUT2D eigenvalue weighted by atomic mass is 19.4. The number of nitrogens with zero attached hydrogens (tertiary/aromatic N) is 3. The van der Waals surface area contributed by atoms with Crippen LogP contribution in [-0.2, 0) is 17.5 Å². The number of hydrogen-bond acceptors (Lipinski definition) is 5. The quantitative estimate of drug-likeness (QED) is 0.601. The van der Waals surface area contributed by atoms with Crippen molar-refractivity contribution in [3.05, 3.63) is 41.0 Å². The first-order valence-corrected chi connectivity index (χ1v) is 10.3. The molecular formula is C20H19F6N5O3. The van der Waals surface area contributed by atoms with Crippen LogP contribution in [0.4, 0.5) is 32.0 Å². The number of carbonyl (C=O) groups is 2. The van der Waals surface area contributed by atoms with Gasteiger partial charge in [-0.15, -0.1) is 0 Å². The van der Waals surface area contributed by atoms with Gasteiger partial charge < -0.3 is 15.8 Å². The summed E-state index contributed by atoms with van der Waals surface area (Å²) in [7, 11) is 0. The van der Waals surface area contributed by atoms with Crippen LogP contribution in [0.3, 0.4) is 0 Å². The molecule has 3 heterocycles. The Bertz CT molecular complexity index is 1110. The monoisotopic (exact) mass is 491 g/mol. The summed E-state index contributed by atoms with van der Waals surface area (Å²) in [5.74, 6) is -3.38. The zero-order valence-corrected chi connectivity index (χ0v) is 17.4. The van der Waals surface area contributed by atoms with Crippen LogP contribution in [0.2, 0.25) is 0 Å². The van der Waals surface area contributed by atoms with Crippen LogP contribution in [-0.4, -0.2) is 45.5 Å². The number of ether oxygens (including phenoxy) is 1. The molecule has 3 N–H and O–H groups in total. The summed E-state index contributed by atoms with van der Waals surface area (Å²) in [5, 5.41) is 6.29. The molecule has 2 aromatic rings. The third-order valence-corrected chi connectivity index (χ3v) is 5.59. The molecule has 1 aliphatic carbocycles. The molecular weight excluding hydrogens is 472 g/mol. The van der Waals surface area contributed by atoms with E-state index in [0.29, 0.717) is 12.8 Å². The molecule has 184 valence electrons. The first-order chi connectivity index (χ1) is 15.8. The number of aromatic nitrogens is 3. The number of amides is 2. The van der Waals surface area contributed by atoms with Gasteiger partial charge in [-0.25, -0.2) is 0 Å². The van der Waals surface area contributed by atoms with Crippen molar-refractivity contribution in [1.82, 2.24) is 14.8 Å². The fourth-order valence-electron chi connectivity index (χ4n) is 3.89. The summed E-state index contributed by atoms with van der Waals surface area (Å²) >= 11 is 0. The minimum atomic E-state index is -4.93. The molecule has 2 atom stereocenters. The Hall–Kier alpha value is -3.16. The second-order valence-electron chi connectivity index (χ2n) is 8.28. The summed E-state index contributed by atoms with van der Waals surface area (Å²) in [5.41, 5.74) is 2.53. The summed E-state index contributed by atoms with van der Waals surface area (Å²) in [6.45, 7) is -0.703. The number of anilines is 1. The van der Waals surface area contributed by atoms with Gasteiger partial charge in [0.25, 0.3) is 11.8 Å². The summed E-state index contributed by atoms with van der Waals surface area (Å²) in [6, 6.07) is 2.34. The van der Waals surface area contributed by atoms with E-state index in [4.69, 9.17) is 10.5 Å². The van der Waals surface area contributed by atoms with Gasteiger partial charge in [0.1, 0.15) is 17.0 Å². The highest BCUT2D eigenvalue weighted by Gasteiger charge is 2.48. The number of hydrogen-bond donors (Lipinski definition) is 2. The predicted molar refractivity (Wildman–Crippen MR) is 104 cm³/mol. The average Bonchev–Trinajstić information content (AvgIpc) is 3.32. The molecule has 34 heavy (non-hydrogen) atoms. The molecule has 1 saturated carbocycles. The maximum Gasteiger partial charge on any atom is 0.420 e. The van der Waals surface area contributed by atoms with Gasteiger partial charge in [-0.1, -0.05) is 0 Å². The van der Waals surface area contributed by atoms with E-state index in [9.17, 15) is 35.9 Å². The molecule has 0 spiro atoms. The van der Waals surface area contributed by atoms with Crippen LogP contribution in [0.1, 0.15) is 57.4 Å². The largest absolute Gasteiger partial charge is 0.420 e. The molecule has 2 aliphatic rings. The predicted octanol–water partition coefficient (Wildman–Crippen LogP) is 3.49. The normalized spacial score (nSPS) is 21.0. The van der Waals surface area contributed by atoms with Gasteiger partial charge in [-0.2, -0.15) is 31.4 Å². The molecule has 2 fully saturated rings. The summed E-state index contributed by atoms with van der Waals surface area (Å²) in [6.07, 6.45) is -9.97. The third kappa shape index (κ3) is 5.00. The van der Waals surface area contributed by atoms with Crippen LogP contribution in [0.15, 0.2) is 18.3 Å². The van der Waals surface area contributed by atoms with E-state index in [2.05, 4.69) is 15.4 Å². The van der Waals surface area contributed by atoms with Crippen molar-refractivity contribution in [2.24, 2.45) is 11.7 Å². The van der Waals surface area contributed by atoms with Crippen molar-refractivity contribution in [3.63, 3.8) is 0 Å². The number of halogens is 6. The molecule has 0 aromatic carbocycles. The molecule has 4 rings (SSSR count). The molecule has 0 radical (unpaired) electrons. The Morgan fingerprint density at radius 3 is 2.47 bits per heavy atom. The van der Waals surface area contributed by atoms with Crippen molar-refractivity contribution in [2.75, 3.05) is 11.9 Å². The van der Waals surface area contributed by atoms with Gasteiger partial charge in [0, 0.05) is 30.3 Å². The Labute approximate surface area is 188 Å². The molecule has 2 amide bonds. The maximum absolute atomic E-state index is 14.0. The van der Waals surface area contributed by atoms with Crippen LogP contribution in [0.5, 0.6) is 0 Å². The molecule has 2 aromatic heterocycles. The highest BCUT2D eigenvalue weighted by molar-refractivity contribution is 6.05. The number of nitrogens with two attached hydrogens (primary N) is 1. The lowest BCUT2D eigenvalue weighted by Gasteiger charge is -2.15. The average molecular weight is 491 g/mol. The van der Waals surface area contributed by atoms with E-state index in [0.717, 1.165) is 16.9 Å². The Morgan fingerprint density at radius 1 is 1.21 bits per heavy atom. The van der Waals surface area contributed by atoms with Crippen molar-refractivity contribution in [1.29, 1.82) is 0 Å². The standard InChI is InChI=1S/C20H19F6N5O3/c21-19(22,23)13-5-9(8-34-13)7-31-16(14(20(24,25)26)15(30-31)10-1-2-10)18(33)29-11-3-4-28-12(6-11)17(27)32/h3-4,6,9-10,13H,1-2,5,7-8H2,(H2,27,32)(H,28,29,33)/t9?,13-/m1/s1. The molecule has 0 bridgehead atoms. The Morgan fingerprint density at radius 2 is 1.91 bits per heavy atom. The van der Waals surface area contributed by atoms with E-state index < -0.39 is 59.8 Å². The van der Waals surface area contributed by atoms with E-state index in [1.54, 1.807) is 0 Å². The number of carbonyl (C=O) groups excluding carboxylic acids is 2. The van der Waals surface area contributed by atoms with Crippen LogP contribution >= 0.6 is 0 Å². The highest BCUT2D eigenvalue weighted by Crippen LogP contribution is 2.47.